The van der Waals surface area contributed by atoms with Gasteiger partial charge in [-0.05, 0) is 32.6 Å². The second-order valence-electron chi connectivity index (χ2n) is 5.78. The molecule has 2 heterocycles. The van der Waals surface area contributed by atoms with Gasteiger partial charge in [-0.1, -0.05) is 0 Å². The van der Waals surface area contributed by atoms with Crippen molar-refractivity contribution in [2.45, 2.75) is 32.7 Å². The van der Waals surface area contributed by atoms with Gasteiger partial charge in [0.15, 0.2) is 0 Å². The SMILES string of the molecule is CC(C)N1CCN(CC2CCN(I)CC2)CC1. The summed E-state index contributed by atoms with van der Waals surface area (Å²) in [7, 11) is 0. The molecule has 0 amide bonds. The second kappa shape index (κ2) is 6.68. The van der Waals surface area contributed by atoms with E-state index < -0.39 is 0 Å². The van der Waals surface area contributed by atoms with Gasteiger partial charge in [0, 0.05) is 74.7 Å². The van der Waals surface area contributed by atoms with Gasteiger partial charge in [-0.2, -0.15) is 0 Å². The molecule has 0 unspecified atom stereocenters. The zero-order valence-corrected chi connectivity index (χ0v) is 13.4. The summed E-state index contributed by atoms with van der Waals surface area (Å²) >= 11 is 2.46. The fraction of sp³-hybridized carbons (Fsp3) is 1.00. The average molecular weight is 351 g/mol. The summed E-state index contributed by atoms with van der Waals surface area (Å²) in [6.45, 7) is 13.6. The van der Waals surface area contributed by atoms with E-state index in [0.717, 1.165) is 12.0 Å². The van der Waals surface area contributed by atoms with E-state index in [9.17, 15) is 0 Å². The molecule has 0 atom stereocenters. The third-order valence-electron chi connectivity index (χ3n) is 4.21. The van der Waals surface area contributed by atoms with Gasteiger partial charge in [-0.25, -0.2) is 3.11 Å². The van der Waals surface area contributed by atoms with Crippen LogP contribution in [0.1, 0.15) is 26.7 Å². The maximum absolute atomic E-state index is 2.69. The van der Waals surface area contributed by atoms with E-state index in [4.69, 9.17) is 0 Å². The maximum Gasteiger partial charge on any atom is 0.0201 e. The fourth-order valence-corrected chi connectivity index (χ4v) is 3.47. The summed E-state index contributed by atoms with van der Waals surface area (Å²) in [5, 5.41) is 0. The standard InChI is InChI=1S/C13H26IN3/c1-12(2)16-9-7-15(8-10-16)11-13-3-5-17(14)6-4-13/h12-13H,3-11H2,1-2H3. The second-order valence-corrected chi connectivity index (χ2v) is 7.15. The van der Waals surface area contributed by atoms with Crippen molar-refractivity contribution in [3.05, 3.63) is 0 Å². The molecular weight excluding hydrogens is 325 g/mol. The molecule has 4 heteroatoms. The largest absolute Gasteiger partial charge is 0.301 e. The molecule has 0 aliphatic carbocycles. The van der Waals surface area contributed by atoms with Gasteiger partial charge in [0.1, 0.15) is 0 Å². The van der Waals surface area contributed by atoms with Crippen LogP contribution in [0.5, 0.6) is 0 Å². The first-order valence-corrected chi connectivity index (χ1v) is 7.99. The molecule has 0 bridgehead atoms. The summed E-state index contributed by atoms with van der Waals surface area (Å²) in [4.78, 5) is 5.29. The number of hydrogen-bond donors (Lipinski definition) is 0. The molecule has 2 saturated heterocycles. The van der Waals surface area contributed by atoms with Crippen LogP contribution in [0, 0.1) is 5.92 Å². The van der Waals surface area contributed by atoms with E-state index in [0.29, 0.717) is 0 Å². The molecule has 100 valence electrons. The van der Waals surface area contributed by atoms with E-state index in [1.54, 1.807) is 0 Å². The first-order chi connectivity index (χ1) is 8.15. The lowest BCUT2D eigenvalue weighted by atomic mass is 9.97. The van der Waals surface area contributed by atoms with Crippen LogP contribution in [0.4, 0.5) is 0 Å². The summed E-state index contributed by atoms with van der Waals surface area (Å²) in [6, 6.07) is 0.722. The Bertz CT molecular complexity index is 219. The van der Waals surface area contributed by atoms with Crippen LogP contribution in [0.3, 0.4) is 0 Å². The minimum absolute atomic E-state index is 0.722. The first kappa shape index (κ1) is 14.0. The summed E-state index contributed by atoms with van der Waals surface area (Å²) in [6.07, 6.45) is 2.79. The quantitative estimate of drug-likeness (QED) is 0.569. The molecule has 2 aliphatic heterocycles. The molecule has 0 aromatic heterocycles. The Hall–Kier alpha value is 0.610. The first-order valence-electron chi connectivity index (χ1n) is 7.02. The zero-order valence-electron chi connectivity index (χ0n) is 11.2. The highest BCUT2D eigenvalue weighted by Crippen LogP contribution is 2.21. The summed E-state index contributed by atoms with van der Waals surface area (Å²) < 4.78 is 2.44. The van der Waals surface area contributed by atoms with E-state index >= 15 is 0 Å². The van der Waals surface area contributed by atoms with Crippen molar-refractivity contribution in [3.8, 4) is 0 Å². The Morgan fingerprint density at radius 2 is 1.59 bits per heavy atom. The zero-order chi connectivity index (χ0) is 12.3. The Balaban J connectivity index is 1.67. The van der Waals surface area contributed by atoms with Gasteiger partial charge in [-0.15, -0.1) is 0 Å². The number of hydrogen-bond acceptors (Lipinski definition) is 3. The predicted octanol–water partition coefficient (Wildman–Crippen LogP) is 2.07. The molecule has 0 radical (unpaired) electrons. The van der Waals surface area contributed by atoms with Gasteiger partial charge in [0.25, 0.3) is 0 Å². The van der Waals surface area contributed by atoms with Crippen molar-refractivity contribution in [2.24, 2.45) is 5.92 Å². The van der Waals surface area contributed by atoms with Gasteiger partial charge >= 0.3 is 0 Å². The smallest absolute Gasteiger partial charge is 0.0201 e. The fourth-order valence-electron chi connectivity index (χ4n) is 2.91. The van der Waals surface area contributed by atoms with E-state index in [2.05, 4.69) is 49.6 Å². The molecule has 0 aromatic carbocycles. The number of rotatable bonds is 3. The molecular formula is C13H26IN3. The van der Waals surface area contributed by atoms with Crippen LogP contribution in [0.25, 0.3) is 0 Å². The highest BCUT2D eigenvalue weighted by atomic mass is 127. The molecule has 0 aromatic rings. The van der Waals surface area contributed by atoms with E-state index in [1.807, 2.05) is 0 Å². The van der Waals surface area contributed by atoms with Crippen LogP contribution in [-0.2, 0) is 0 Å². The third-order valence-corrected chi connectivity index (χ3v) is 5.18. The molecule has 2 aliphatic rings. The minimum atomic E-state index is 0.722. The van der Waals surface area contributed by atoms with Crippen molar-refractivity contribution < 1.29 is 0 Å². The van der Waals surface area contributed by atoms with Gasteiger partial charge in [-0.3, -0.25) is 4.90 Å². The Kier molecular flexibility index (Phi) is 5.51. The maximum atomic E-state index is 2.69. The van der Waals surface area contributed by atoms with Gasteiger partial charge < -0.3 is 4.90 Å². The highest BCUT2D eigenvalue weighted by Gasteiger charge is 2.23. The van der Waals surface area contributed by atoms with Gasteiger partial charge in [0.2, 0.25) is 0 Å². The average Bonchev–Trinajstić information content (AvgIpc) is 2.33. The van der Waals surface area contributed by atoms with Crippen molar-refractivity contribution in [1.82, 2.24) is 12.9 Å². The van der Waals surface area contributed by atoms with Gasteiger partial charge in [0.05, 0.1) is 0 Å². The summed E-state index contributed by atoms with van der Waals surface area (Å²) in [5.74, 6) is 0.951. The number of piperazine rings is 1. The van der Waals surface area contributed by atoms with Crippen LogP contribution >= 0.6 is 22.9 Å². The normalized spacial score (nSPS) is 26.8. The van der Waals surface area contributed by atoms with Crippen LogP contribution < -0.4 is 0 Å². The van der Waals surface area contributed by atoms with Crippen molar-refractivity contribution in [1.29, 1.82) is 0 Å². The highest BCUT2D eigenvalue weighted by molar-refractivity contribution is 14.1. The molecule has 0 spiro atoms. The van der Waals surface area contributed by atoms with Crippen LogP contribution in [0.15, 0.2) is 0 Å². The third kappa shape index (κ3) is 4.33. The molecule has 2 fully saturated rings. The lowest BCUT2D eigenvalue weighted by Crippen LogP contribution is -2.50. The van der Waals surface area contributed by atoms with Crippen LogP contribution in [-0.4, -0.2) is 64.8 Å². The lowest BCUT2D eigenvalue weighted by molar-refractivity contribution is 0.0895. The Morgan fingerprint density at radius 1 is 1.00 bits per heavy atom. The summed E-state index contributed by atoms with van der Waals surface area (Å²) in [5.41, 5.74) is 0. The lowest BCUT2D eigenvalue weighted by Gasteiger charge is -2.39. The van der Waals surface area contributed by atoms with Crippen molar-refractivity contribution >= 4 is 22.9 Å². The van der Waals surface area contributed by atoms with Crippen LogP contribution in [0.2, 0.25) is 0 Å². The molecule has 0 saturated carbocycles. The Labute approximate surface area is 120 Å². The van der Waals surface area contributed by atoms with Crippen molar-refractivity contribution in [3.63, 3.8) is 0 Å². The predicted molar refractivity (Wildman–Crippen MR) is 81.5 cm³/mol. The molecule has 17 heavy (non-hydrogen) atoms. The monoisotopic (exact) mass is 351 g/mol. The minimum Gasteiger partial charge on any atom is -0.301 e. The number of nitrogens with zero attached hydrogens (tertiary/aromatic N) is 3. The topological polar surface area (TPSA) is 9.72 Å². The molecule has 0 N–H and O–H groups in total. The molecule has 2 rings (SSSR count). The molecule has 3 nitrogen and oxygen atoms in total. The van der Waals surface area contributed by atoms with Crippen molar-refractivity contribution in [2.75, 3.05) is 45.8 Å². The van der Waals surface area contributed by atoms with E-state index in [1.165, 1.54) is 58.7 Å². The number of halogens is 1. The Morgan fingerprint density at radius 3 is 2.12 bits per heavy atom. The number of piperidine rings is 1. The van der Waals surface area contributed by atoms with E-state index in [-0.39, 0.29) is 0 Å².